The zero-order chi connectivity index (χ0) is 14.8. The van der Waals surface area contributed by atoms with Crippen LogP contribution < -0.4 is 10.9 Å². The molecule has 20 heavy (non-hydrogen) atoms. The van der Waals surface area contributed by atoms with Crippen molar-refractivity contribution < 1.29 is 8.42 Å². The van der Waals surface area contributed by atoms with E-state index >= 15 is 0 Å². The maximum atomic E-state index is 11.9. The van der Waals surface area contributed by atoms with Gasteiger partial charge in [0.15, 0.2) is 9.84 Å². The van der Waals surface area contributed by atoms with Crippen LogP contribution in [0.3, 0.4) is 0 Å². The van der Waals surface area contributed by atoms with Crippen LogP contribution in [0.1, 0.15) is 12.8 Å². The van der Waals surface area contributed by atoms with Crippen molar-refractivity contribution in [3.05, 3.63) is 21.0 Å². The molecule has 1 fully saturated rings. The predicted octanol–water partition coefficient (Wildman–Crippen LogP) is 0.628. The summed E-state index contributed by atoms with van der Waals surface area (Å²) < 4.78 is 24.9. The highest BCUT2D eigenvalue weighted by molar-refractivity contribution is 9.10. The highest BCUT2D eigenvalue weighted by Crippen LogP contribution is 2.22. The molecule has 1 aromatic rings. The smallest absolute Gasteiger partial charge is 0.284 e. The molecule has 1 aliphatic heterocycles. The lowest BCUT2D eigenvalue weighted by Gasteiger charge is -2.13. The maximum absolute atomic E-state index is 11.9. The van der Waals surface area contributed by atoms with Crippen LogP contribution in [-0.4, -0.2) is 35.7 Å². The number of nitrogens with one attached hydrogen (secondary N) is 1. The van der Waals surface area contributed by atoms with Gasteiger partial charge in [0.25, 0.3) is 5.56 Å². The molecule has 8 heteroatoms. The molecule has 1 saturated heterocycles. The Morgan fingerprint density at radius 1 is 1.60 bits per heavy atom. The second kappa shape index (κ2) is 5.97. The third-order valence-corrected chi connectivity index (χ3v) is 6.25. The normalized spacial score (nSPS) is 20.5. The van der Waals surface area contributed by atoms with Gasteiger partial charge in [0, 0.05) is 6.54 Å². The predicted molar refractivity (Wildman–Crippen MR) is 80.3 cm³/mol. The van der Waals surface area contributed by atoms with Crippen molar-refractivity contribution in [2.75, 3.05) is 17.6 Å². The van der Waals surface area contributed by atoms with Crippen molar-refractivity contribution in [3.63, 3.8) is 0 Å². The molecule has 0 aromatic carbocycles. The molecule has 2 rings (SSSR count). The standard InChI is InChI=1S/C12H14BrN3O3S/c1-2-5-16-12(17)11(13)10(8-15-16)14-7-9-4-3-6-20(9,18)19/h1,8-9,14H,3-7H2. The lowest BCUT2D eigenvalue weighted by molar-refractivity contribution is 0.591. The van der Waals surface area contributed by atoms with E-state index in [0.717, 1.165) is 4.68 Å². The first-order valence-corrected chi connectivity index (χ1v) is 8.61. The van der Waals surface area contributed by atoms with Crippen LogP contribution in [0.4, 0.5) is 5.69 Å². The zero-order valence-corrected chi connectivity index (χ0v) is 13.1. The third-order valence-electron chi connectivity index (χ3n) is 3.21. The molecule has 6 nitrogen and oxygen atoms in total. The van der Waals surface area contributed by atoms with E-state index in [0.29, 0.717) is 23.0 Å². The Labute approximate surface area is 125 Å². The first-order valence-electron chi connectivity index (χ1n) is 6.10. The molecule has 0 amide bonds. The molecule has 2 heterocycles. The van der Waals surface area contributed by atoms with Gasteiger partial charge in [-0.15, -0.1) is 6.42 Å². The van der Waals surface area contributed by atoms with E-state index in [2.05, 4.69) is 32.3 Å². The van der Waals surface area contributed by atoms with Gasteiger partial charge in [-0.1, -0.05) is 5.92 Å². The minimum absolute atomic E-state index is 0.0920. The van der Waals surface area contributed by atoms with E-state index in [-0.39, 0.29) is 24.4 Å². The molecule has 0 saturated carbocycles. The molecule has 1 aromatic heterocycles. The van der Waals surface area contributed by atoms with E-state index in [1.807, 2.05) is 0 Å². The number of rotatable bonds is 4. The van der Waals surface area contributed by atoms with Gasteiger partial charge in [-0.05, 0) is 28.8 Å². The van der Waals surface area contributed by atoms with Crippen LogP contribution >= 0.6 is 15.9 Å². The molecule has 1 atom stereocenters. The Morgan fingerprint density at radius 2 is 2.35 bits per heavy atom. The van der Waals surface area contributed by atoms with E-state index in [1.165, 1.54) is 6.20 Å². The summed E-state index contributed by atoms with van der Waals surface area (Å²) in [6, 6.07) is 0. The fourth-order valence-corrected chi connectivity index (χ4v) is 4.31. The number of aromatic nitrogens is 2. The first kappa shape index (κ1) is 15.1. The molecule has 1 N–H and O–H groups in total. The number of halogens is 1. The molecule has 0 spiro atoms. The average Bonchev–Trinajstić information content (AvgIpc) is 2.73. The summed E-state index contributed by atoms with van der Waals surface area (Å²) in [5, 5.41) is 6.50. The molecule has 0 bridgehead atoms. The Hall–Kier alpha value is -1.33. The van der Waals surface area contributed by atoms with Gasteiger partial charge in [0.05, 0.1) is 22.9 Å². The number of hydrogen-bond acceptors (Lipinski definition) is 5. The molecule has 1 unspecified atom stereocenters. The van der Waals surface area contributed by atoms with Crippen molar-refractivity contribution in [2.45, 2.75) is 24.6 Å². The van der Waals surface area contributed by atoms with Crippen LogP contribution in [0.15, 0.2) is 15.5 Å². The SMILES string of the molecule is C#CCn1ncc(NCC2CCCS2(=O)=O)c(Br)c1=O. The molecule has 0 aliphatic carbocycles. The van der Waals surface area contributed by atoms with Crippen molar-refractivity contribution in [1.82, 2.24) is 9.78 Å². The van der Waals surface area contributed by atoms with Crippen molar-refractivity contribution >= 4 is 31.5 Å². The minimum Gasteiger partial charge on any atom is -0.381 e. The Bertz CT molecular complexity index is 706. The second-order valence-corrected chi connectivity index (χ2v) is 7.74. The van der Waals surface area contributed by atoms with Gasteiger partial charge in [0.1, 0.15) is 11.0 Å². The maximum Gasteiger partial charge on any atom is 0.284 e. The molecule has 1 aliphatic rings. The third kappa shape index (κ3) is 3.04. The van der Waals surface area contributed by atoms with Gasteiger partial charge in [-0.25, -0.2) is 13.1 Å². The molecule has 108 valence electrons. The summed E-state index contributed by atoms with van der Waals surface area (Å²) >= 11 is 3.19. The van der Waals surface area contributed by atoms with Gasteiger partial charge in [0.2, 0.25) is 0 Å². The van der Waals surface area contributed by atoms with Crippen LogP contribution in [-0.2, 0) is 16.4 Å². The zero-order valence-electron chi connectivity index (χ0n) is 10.7. The number of hydrogen-bond donors (Lipinski definition) is 1. The Morgan fingerprint density at radius 3 is 2.95 bits per heavy atom. The largest absolute Gasteiger partial charge is 0.381 e. The van der Waals surface area contributed by atoms with Crippen molar-refractivity contribution in [3.8, 4) is 12.3 Å². The van der Waals surface area contributed by atoms with Crippen LogP contribution in [0.2, 0.25) is 0 Å². The number of nitrogens with zero attached hydrogens (tertiary/aromatic N) is 2. The summed E-state index contributed by atoms with van der Waals surface area (Å²) in [5.74, 6) is 2.58. The van der Waals surface area contributed by atoms with Gasteiger partial charge in [-0.3, -0.25) is 4.79 Å². The highest BCUT2D eigenvalue weighted by atomic mass is 79.9. The van der Waals surface area contributed by atoms with E-state index in [1.54, 1.807) is 0 Å². The fourth-order valence-electron chi connectivity index (χ4n) is 2.10. The fraction of sp³-hybridized carbons (Fsp3) is 0.500. The summed E-state index contributed by atoms with van der Waals surface area (Å²) in [5.41, 5.74) is 0.132. The highest BCUT2D eigenvalue weighted by Gasteiger charge is 2.31. The second-order valence-electron chi connectivity index (χ2n) is 4.55. The topological polar surface area (TPSA) is 81.1 Å². The van der Waals surface area contributed by atoms with Crippen LogP contribution in [0.5, 0.6) is 0 Å². The molecular formula is C12H14BrN3O3S. The van der Waals surface area contributed by atoms with Crippen molar-refractivity contribution in [2.24, 2.45) is 0 Å². The monoisotopic (exact) mass is 359 g/mol. The van der Waals surface area contributed by atoms with Crippen LogP contribution in [0.25, 0.3) is 0 Å². The van der Waals surface area contributed by atoms with Crippen molar-refractivity contribution in [1.29, 1.82) is 0 Å². The Kier molecular flexibility index (Phi) is 4.50. The average molecular weight is 360 g/mol. The van der Waals surface area contributed by atoms with Gasteiger partial charge < -0.3 is 5.32 Å². The first-order chi connectivity index (χ1) is 9.45. The molecular weight excluding hydrogens is 346 g/mol. The quantitative estimate of drug-likeness (QED) is 0.797. The lowest BCUT2D eigenvalue weighted by atomic mass is 10.2. The van der Waals surface area contributed by atoms with Gasteiger partial charge >= 0.3 is 0 Å². The Balaban J connectivity index is 2.13. The lowest BCUT2D eigenvalue weighted by Crippen LogP contribution is -2.28. The number of terminal acetylenes is 1. The number of sulfone groups is 1. The summed E-state index contributed by atoms with van der Waals surface area (Å²) in [6.07, 6.45) is 7.94. The number of anilines is 1. The van der Waals surface area contributed by atoms with Crippen LogP contribution in [0, 0.1) is 12.3 Å². The molecule has 0 radical (unpaired) electrons. The minimum atomic E-state index is -3.01. The summed E-state index contributed by atoms with van der Waals surface area (Å²) in [6.45, 7) is 0.371. The van der Waals surface area contributed by atoms with E-state index < -0.39 is 15.1 Å². The van der Waals surface area contributed by atoms with E-state index in [9.17, 15) is 13.2 Å². The summed E-state index contributed by atoms with van der Waals surface area (Å²) in [7, 11) is -3.01. The summed E-state index contributed by atoms with van der Waals surface area (Å²) in [4.78, 5) is 11.9. The van der Waals surface area contributed by atoms with E-state index in [4.69, 9.17) is 6.42 Å². The van der Waals surface area contributed by atoms with Gasteiger partial charge in [-0.2, -0.15) is 5.10 Å².